The second kappa shape index (κ2) is 5.70. The highest BCUT2D eigenvalue weighted by Crippen LogP contribution is 2.26. The van der Waals surface area contributed by atoms with Crippen LogP contribution in [0.15, 0.2) is 12.1 Å². The lowest BCUT2D eigenvalue weighted by Gasteiger charge is -2.34. The summed E-state index contributed by atoms with van der Waals surface area (Å²) < 4.78 is 0. The monoisotopic (exact) mass is 261 g/mol. The van der Waals surface area contributed by atoms with Gasteiger partial charge in [-0.1, -0.05) is 6.92 Å². The number of rotatable bonds is 3. The first-order valence-electron chi connectivity index (χ1n) is 6.93. The standard InChI is InChI=1S/C15H23N3O/c1-11-4-5-13(12(2)18-11)14(19)17-10-15(3)6-8-16-9-7-15/h4-5,16H,6-10H2,1-3H3,(H,17,19). The van der Waals surface area contributed by atoms with Crippen LogP contribution in [-0.2, 0) is 0 Å². The Bertz CT molecular complexity index is 464. The molecule has 0 aromatic carbocycles. The predicted molar refractivity (Wildman–Crippen MR) is 76.3 cm³/mol. The number of hydrogen-bond donors (Lipinski definition) is 2. The van der Waals surface area contributed by atoms with Crippen molar-refractivity contribution in [1.29, 1.82) is 0 Å². The van der Waals surface area contributed by atoms with E-state index in [9.17, 15) is 4.79 Å². The fraction of sp³-hybridized carbons (Fsp3) is 0.600. The molecule has 2 N–H and O–H groups in total. The van der Waals surface area contributed by atoms with Gasteiger partial charge in [-0.3, -0.25) is 9.78 Å². The van der Waals surface area contributed by atoms with Crippen LogP contribution in [0.5, 0.6) is 0 Å². The van der Waals surface area contributed by atoms with E-state index >= 15 is 0 Å². The SMILES string of the molecule is Cc1ccc(C(=O)NCC2(C)CCNCC2)c(C)n1. The van der Waals surface area contributed by atoms with Crippen molar-refractivity contribution in [3.05, 3.63) is 29.1 Å². The number of aromatic nitrogens is 1. The van der Waals surface area contributed by atoms with Crippen LogP contribution in [0.1, 0.15) is 41.5 Å². The smallest absolute Gasteiger partial charge is 0.253 e. The second-order valence-electron chi connectivity index (χ2n) is 5.83. The summed E-state index contributed by atoms with van der Waals surface area (Å²) in [7, 11) is 0. The first-order valence-corrected chi connectivity index (χ1v) is 6.93. The van der Waals surface area contributed by atoms with Gasteiger partial charge in [0.15, 0.2) is 0 Å². The van der Waals surface area contributed by atoms with Crippen molar-refractivity contribution in [1.82, 2.24) is 15.6 Å². The molecule has 1 aromatic heterocycles. The molecule has 1 aromatic rings. The third-order valence-corrected chi connectivity index (χ3v) is 3.96. The molecule has 104 valence electrons. The average Bonchev–Trinajstić information content (AvgIpc) is 2.37. The molecule has 0 atom stereocenters. The topological polar surface area (TPSA) is 54.0 Å². The summed E-state index contributed by atoms with van der Waals surface area (Å²) in [6.45, 7) is 8.88. The number of pyridine rings is 1. The second-order valence-corrected chi connectivity index (χ2v) is 5.83. The molecule has 0 bridgehead atoms. The molecule has 0 spiro atoms. The molecule has 19 heavy (non-hydrogen) atoms. The number of carbonyl (C=O) groups excluding carboxylic acids is 1. The van der Waals surface area contributed by atoms with Gasteiger partial charge in [0.05, 0.1) is 11.3 Å². The first-order chi connectivity index (χ1) is 9.00. The fourth-order valence-corrected chi connectivity index (χ4v) is 2.52. The van der Waals surface area contributed by atoms with Crippen LogP contribution in [0.2, 0.25) is 0 Å². The maximum atomic E-state index is 12.2. The van der Waals surface area contributed by atoms with E-state index in [2.05, 4.69) is 22.5 Å². The van der Waals surface area contributed by atoms with E-state index in [1.807, 2.05) is 26.0 Å². The molecular formula is C15H23N3O. The van der Waals surface area contributed by atoms with E-state index in [-0.39, 0.29) is 11.3 Å². The first kappa shape index (κ1) is 14.0. The zero-order chi connectivity index (χ0) is 13.9. The van der Waals surface area contributed by atoms with Crippen molar-refractivity contribution in [2.24, 2.45) is 5.41 Å². The van der Waals surface area contributed by atoms with Gasteiger partial charge in [0.2, 0.25) is 0 Å². The summed E-state index contributed by atoms with van der Waals surface area (Å²) in [6.07, 6.45) is 2.22. The number of carbonyl (C=O) groups is 1. The van der Waals surface area contributed by atoms with Crippen LogP contribution >= 0.6 is 0 Å². The van der Waals surface area contributed by atoms with Crippen LogP contribution in [0, 0.1) is 19.3 Å². The van der Waals surface area contributed by atoms with E-state index in [0.717, 1.165) is 43.9 Å². The predicted octanol–water partition coefficient (Wildman–Crippen LogP) is 1.82. The van der Waals surface area contributed by atoms with Gasteiger partial charge in [-0.05, 0) is 57.3 Å². The summed E-state index contributed by atoms with van der Waals surface area (Å²) in [5.74, 6) is -0.00948. The van der Waals surface area contributed by atoms with Gasteiger partial charge in [0.1, 0.15) is 0 Å². The molecule has 1 amide bonds. The molecule has 0 saturated carbocycles. The number of nitrogens with one attached hydrogen (secondary N) is 2. The zero-order valence-electron chi connectivity index (χ0n) is 12.0. The Labute approximate surface area is 115 Å². The molecule has 1 aliphatic rings. The minimum Gasteiger partial charge on any atom is -0.351 e. The lowest BCUT2D eigenvalue weighted by atomic mass is 9.81. The molecule has 1 fully saturated rings. The van der Waals surface area contributed by atoms with Crippen LogP contribution < -0.4 is 10.6 Å². The van der Waals surface area contributed by atoms with Crippen LogP contribution in [0.25, 0.3) is 0 Å². The quantitative estimate of drug-likeness (QED) is 0.872. The van der Waals surface area contributed by atoms with E-state index in [1.54, 1.807) is 0 Å². The molecule has 1 saturated heterocycles. The lowest BCUT2D eigenvalue weighted by Crippen LogP contribution is -2.43. The molecule has 1 aliphatic heterocycles. The lowest BCUT2D eigenvalue weighted by molar-refractivity contribution is 0.0921. The Morgan fingerprint density at radius 1 is 1.37 bits per heavy atom. The highest BCUT2D eigenvalue weighted by molar-refractivity contribution is 5.95. The number of amides is 1. The van der Waals surface area contributed by atoms with Crippen molar-refractivity contribution >= 4 is 5.91 Å². The van der Waals surface area contributed by atoms with Gasteiger partial charge in [0.25, 0.3) is 5.91 Å². The van der Waals surface area contributed by atoms with Crippen molar-refractivity contribution in [2.45, 2.75) is 33.6 Å². The largest absolute Gasteiger partial charge is 0.351 e. The van der Waals surface area contributed by atoms with Gasteiger partial charge in [-0.25, -0.2) is 0 Å². The van der Waals surface area contributed by atoms with Gasteiger partial charge in [0, 0.05) is 12.2 Å². The molecular weight excluding hydrogens is 238 g/mol. The normalized spacial score (nSPS) is 18.1. The molecule has 2 heterocycles. The summed E-state index contributed by atoms with van der Waals surface area (Å²) in [6, 6.07) is 3.74. The molecule has 0 aliphatic carbocycles. The highest BCUT2D eigenvalue weighted by atomic mass is 16.1. The Hall–Kier alpha value is -1.42. The molecule has 0 radical (unpaired) electrons. The van der Waals surface area contributed by atoms with Crippen LogP contribution in [0.4, 0.5) is 0 Å². The fourth-order valence-electron chi connectivity index (χ4n) is 2.52. The van der Waals surface area contributed by atoms with Crippen LogP contribution in [-0.4, -0.2) is 30.5 Å². The number of aryl methyl sites for hydroxylation is 2. The van der Waals surface area contributed by atoms with E-state index in [1.165, 1.54) is 0 Å². The maximum absolute atomic E-state index is 12.2. The Morgan fingerprint density at radius 3 is 2.68 bits per heavy atom. The Morgan fingerprint density at radius 2 is 2.05 bits per heavy atom. The van der Waals surface area contributed by atoms with E-state index in [4.69, 9.17) is 0 Å². The Balaban J connectivity index is 1.97. The van der Waals surface area contributed by atoms with E-state index < -0.39 is 0 Å². The molecule has 0 unspecified atom stereocenters. The van der Waals surface area contributed by atoms with Gasteiger partial charge < -0.3 is 10.6 Å². The number of hydrogen-bond acceptors (Lipinski definition) is 3. The highest BCUT2D eigenvalue weighted by Gasteiger charge is 2.27. The summed E-state index contributed by atoms with van der Waals surface area (Å²) >= 11 is 0. The third-order valence-electron chi connectivity index (χ3n) is 3.96. The third kappa shape index (κ3) is 3.53. The summed E-state index contributed by atoms with van der Waals surface area (Å²) in [4.78, 5) is 16.5. The van der Waals surface area contributed by atoms with Gasteiger partial charge >= 0.3 is 0 Å². The van der Waals surface area contributed by atoms with Crippen molar-refractivity contribution in [2.75, 3.05) is 19.6 Å². The van der Waals surface area contributed by atoms with Gasteiger partial charge in [-0.15, -0.1) is 0 Å². The average molecular weight is 261 g/mol. The number of nitrogens with zero attached hydrogens (tertiary/aromatic N) is 1. The number of piperidine rings is 1. The van der Waals surface area contributed by atoms with Crippen molar-refractivity contribution in [3.8, 4) is 0 Å². The zero-order valence-corrected chi connectivity index (χ0v) is 12.0. The van der Waals surface area contributed by atoms with Gasteiger partial charge in [-0.2, -0.15) is 0 Å². The summed E-state index contributed by atoms with van der Waals surface area (Å²) in [5.41, 5.74) is 2.64. The summed E-state index contributed by atoms with van der Waals surface area (Å²) in [5, 5.41) is 6.41. The van der Waals surface area contributed by atoms with Crippen molar-refractivity contribution in [3.63, 3.8) is 0 Å². The van der Waals surface area contributed by atoms with Crippen LogP contribution in [0.3, 0.4) is 0 Å². The van der Waals surface area contributed by atoms with Crippen molar-refractivity contribution < 1.29 is 4.79 Å². The van der Waals surface area contributed by atoms with E-state index in [0.29, 0.717) is 5.56 Å². The molecule has 4 heteroatoms. The minimum atomic E-state index is -0.00948. The maximum Gasteiger partial charge on any atom is 0.253 e. The Kier molecular flexibility index (Phi) is 4.20. The molecule has 4 nitrogen and oxygen atoms in total. The minimum absolute atomic E-state index is 0.00948. The molecule has 2 rings (SSSR count).